The van der Waals surface area contributed by atoms with E-state index in [1.165, 1.54) is 0 Å². The predicted octanol–water partition coefficient (Wildman–Crippen LogP) is 4.29. The molecule has 0 fully saturated rings. The standard InChI is InChI=1S/C12H8Cl2O2/c1-7-10(12(14)15)6-11(16-7)8-2-4-9(13)5-3-8/h2-6H,1H3. The van der Waals surface area contributed by atoms with Crippen molar-refractivity contribution in [1.82, 2.24) is 0 Å². The maximum absolute atomic E-state index is 11.0. The molecule has 0 saturated heterocycles. The highest BCUT2D eigenvalue weighted by Crippen LogP contribution is 2.27. The molecule has 0 atom stereocenters. The van der Waals surface area contributed by atoms with E-state index in [4.69, 9.17) is 27.6 Å². The van der Waals surface area contributed by atoms with Gasteiger partial charge in [0.25, 0.3) is 5.24 Å². The molecule has 0 aliphatic heterocycles. The van der Waals surface area contributed by atoms with Crippen LogP contribution in [-0.2, 0) is 0 Å². The second kappa shape index (κ2) is 4.32. The minimum atomic E-state index is -0.513. The molecule has 16 heavy (non-hydrogen) atoms. The zero-order chi connectivity index (χ0) is 11.7. The van der Waals surface area contributed by atoms with Crippen LogP contribution in [0.25, 0.3) is 11.3 Å². The van der Waals surface area contributed by atoms with Crippen LogP contribution in [0.2, 0.25) is 5.02 Å². The third kappa shape index (κ3) is 2.13. The molecule has 2 aromatic rings. The van der Waals surface area contributed by atoms with Crippen molar-refractivity contribution in [3.8, 4) is 11.3 Å². The lowest BCUT2D eigenvalue weighted by atomic mass is 10.1. The largest absolute Gasteiger partial charge is 0.461 e. The molecule has 2 nitrogen and oxygen atoms in total. The fourth-order valence-electron chi connectivity index (χ4n) is 1.43. The van der Waals surface area contributed by atoms with Gasteiger partial charge in [-0.05, 0) is 48.9 Å². The number of furan rings is 1. The summed E-state index contributed by atoms with van der Waals surface area (Å²) in [5, 5.41) is 0.141. The molecular formula is C12H8Cl2O2. The Morgan fingerprint density at radius 2 is 1.88 bits per heavy atom. The molecule has 1 aromatic carbocycles. The smallest absolute Gasteiger partial charge is 0.255 e. The number of carbonyl (C=O) groups is 1. The molecule has 0 aliphatic carbocycles. The normalized spacial score (nSPS) is 10.4. The summed E-state index contributed by atoms with van der Waals surface area (Å²) in [6.07, 6.45) is 0. The van der Waals surface area contributed by atoms with Gasteiger partial charge in [0.15, 0.2) is 0 Å². The van der Waals surface area contributed by atoms with Gasteiger partial charge in [0.05, 0.1) is 5.56 Å². The van der Waals surface area contributed by atoms with Gasteiger partial charge in [0, 0.05) is 10.6 Å². The molecule has 0 spiro atoms. The van der Waals surface area contributed by atoms with Crippen molar-refractivity contribution in [2.45, 2.75) is 6.92 Å². The molecule has 4 heteroatoms. The Bertz CT molecular complexity index is 526. The molecule has 0 radical (unpaired) electrons. The lowest BCUT2D eigenvalue weighted by Gasteiger charge is -1.95. The third-order valence-electron chi connectivity index (χ3n) is 2.26. The van der Waals surface area contributed by atoms with E-state index >= 15 is 0 Å². The van der Waals surface area contributed by atoms with Crippen LogP contribution in [0, 0.1) is 6.92 Å². The summed E-state index contributed by atoms with van der Waals surface area (Å²) in [6.45, 7) is 1.70. The van der Waals surface area contributed by atoms with Crippen molar-refractivity contribution in [1.29, 1.82) is 0 Å². The Morgan fingerprint density at radius 3 is 2.38 bits per heavy atom. The molecule has 1 heterocycles. The summed E-state index contributed by atoms with van der Waals surface area (Å²) in [5.74, 6) is 1.13. The zero-order valence-corrected chi connectivity index (χ0v) is 9.97. The van der Waals surface area contributed by atoms with Crippen molar-refractivity contribution in [3.63, 3.8) is 0 Å². The van der Waals surface area contributed by atoms with Crippen LogP contribution in [0.3, 0.4) is 0 Å². The van der Waals surface area contributed by atoms with Crippen LogP contribution >= 0.6 is 23.2 Å². The Morgan fingerprint density at radius 1 is 1.25 bits per heavy atom. The van der Waals surface area contributed by atoms with E-state index in [-0.39, 0.29) is 0 Å². The molecule has 0 N–H and O–H groups in total. The highest BCUT2D eigenvalue weighted by Gasteiger charge is 2.13. The van der Waals surface area contributed by atoms with E-state index < -0.39 is 5.24 Å². The topological polar surface area (TPSA) is 30.2 Å². The molecular weight excluding hydrogens is 247 g/mol. The van der Waals surface area contributed by atoms with Crippen LogP contribution in [0.5, 0.6) is 0 Å². The Hall–Kier alpha value is -1.25. The van der Waals surface area contributed by atoms with Gasteiger partial charge in [-0.25, -0.2) is 0 Å². The quantitative estimate of drug-likeness (QED) is 0.749. The highest BCUT2D eigenvalue weighted by molar-refractivity contribution is 6.67. The van der Waals surface area contributed by atoms with Gasteiger partial charge in [-0.1, -0.05) is 11.6 Å². The number of hydrogen-bond donors (Lipinski definition) is 0. The van der Waals surface area contributed by atoms with Crippen molar-refractivity contribution < 1.29 is 9.21 Å². The van der Waals surface area contributed by atoms with Crippen LogP contribution in [0.4, 0.5) is 0 Å². The fourth-order valence-corrected chi connectivity index (χ4v) is 1.75. The summed E-state index contributed by atoms with van der Waals surface area (Å²) in [5.41, 5.74) is 1.25. The van der Waals surface area contributed by atoms with Gasteiger partial charge < -0.3 is 4.42 Å². The monoisotopic (exact) mass is 254 g/mol. The maximum atomic E-state index is 11.0. The first-order valence-corrected chi connectivity index (χ1v) is 5.39. The van der Waals surface area contributed by atoms with E-state index in [0.29, 0.717) is 22.1 Å². The first-order chi connectivity index (χ1) is 7.58. The van der Waals surface area contributed by atoms with Crippen LogP contribution in [0.15, 0.2) is 34.7 Å². The lowest BCUT2D eigenvalue weighted by molar-refractivity contribution is 0.108. The lowest BCUT2D eigenvalue weighted by Crippen LogP contribution is -1.86. The summed E-state index contributed by atoms with van der Waals surface area (Å²) in [7, 11) is 0. The summed E-state index contributed by atoms with van der Waals surface area (Å²) < 4.78 is 5.45. The van der Waals surface area contributed by atoms with Crippen LogP contribution in [-0.4, -0.2) is 5.24 Å². The number of benzene rings is 1. The predicted molar refractivity (Wildman–Crippen MR) is 64.1 cm³/mol. The average molecular weight is 255 g/mol. The van der Waals surface area contributed by atoms with Gasteiger partial charge in [0.2, 0.25) is 0 Å². The first-order valence-electron chi connectivity index (χ1n) is 4.64. The molecule has 2 rings (SSSR count). The molecule has 82 valence electrons. The van der Waals surface area contributed by atoms with Crippen LogP contribution in [0.1, 0.15) is 16.1 Å². The van der Waals surface area contributed by atoms with E-state index in [1.54, 1.807) is 25.1 Å². The van der Waals surface area contributed by atoms with Crippen molar-refractivity contribution in [3.05, 3.63) is 46.7 Å². The fraction of sp³-hybridized carbons (Fsp3) is 0.0833. The third-order valence-corrected chi connectivity index (χ3v) is 2.71. The van der Waals surface area contributed by atoms with Crippen molar-refractivity contribution in [2.24, 2.45) is 0 Å². The number of carbonyl (C=O) groups excluding carboxylic acids is 1. The van der Waals surface area contributed by atoms with E-state index in [2.05, 4.69) is 0 Å². The SMILES string of the molecule is Cc1oc(-c2ccc(Cl)cc2)cc1C(=O)Cl. The number of hydrogen-bond acceptors (Lipinski definition) is 2. The Labute approximate surface area is 103 Å². The maximum Gasteiger partial charge on any atom is 0.255 e. The van der Waals surface area contributed by atoms with Crippen LogP contribution < -0.4 is 0 Å². The minimum Gasteiger partial charge on any atom is -0.461 e. The zero-order valence-electron chi connectivity index (χ0n) is 8.46. The second-order valence-corrected chi connectivity index (χ2v) is 4.14. The van der Waals surface area contributed by atoms with Gasteiger partial charge >= 0.3 is 0 Å². The van der Waals surface area contributed by atoms with E-state index in [0.717, 1.165) is 5.56 Å². The van der Waals surface area contributed by atoms with Gasteiger partial charge in [-0.15, -0.1) is 0 Å². The number of aryl methyl sites for hydroxylation is 1. The summed E-state index contributed by atoms with van der Waals surface area (Å²) >= 11 is 11.2. The molecule has 0 amide bonds. The second-order valence-electron chi connectivity index (χ2n) is 3.36. The summed E-state index contributed by atoms with van der Waals surface area (Å²) in [6, 6.07) is 8.80. The first kappa shape index (κ1) is 11.2. The van der Waals surface area contributed by atoms with Crippen molar-refractivity contribution >= 4 is 28.4 Å². The average Bonchev–Trinajstić information content (AvgIpc) is 2.61. The van der Waals surface area contributed by atoms with Crippen molar-refractivity contribution in [2.75, 3.05) is 0 Å². The molecule has 0 unspecified atom stereocenters. The minimum absolute atomic E-state index is 0.395. The molecule has 0 aliphatic rings. The Balaban J connectivity index is 2.45. The van der Waals surface area contributed by atoms with E-state index in [1.807, 2.05) is 12.1 Å². The number of halogens is 2. The molecule has 0 saturated carbocycles. The molecule has 1 aromatic heterocycles. The molecule has 0 bridgehead atoms. The summed E-state index contributed by atoms with van der Waals surface area (Å²) in [4.78, 5) is 11.0. The van der Waals surface area contributed by atoms with Gasteiger partial charge in [-0.3, -0.25) is 4.79 Å². The Kier molecular flexibility index (Phi) is 3.03. The van der Waals surface area contributed by atoms with E-state index in [9.17, 15) is 4.79 Å². The highest BCUT2D eigenvalue weighted by atomic mass is 35.5. The van der Waals surface area contributed by atoms with Gasteiger partial charge in [0.1, 0.15) is 11.5 Å². The number of rotatable bonds is 2. The van der Waals surface area contributed by atoms with Gasteiger partial charge in [-0.2, -0.15) is 0 Å².